The number of hydrogen-bond donors (Lipinski definition) is 1. The van der Waals surface area contributed by atoms with Gasteiger partial charge in [-0.3, -0.25) is 0 Å². The minimum absolute atomic E-state index is 0.419. The number of unbranched alkanes of at least 4 members (excludes halogenated alkanes) is 1. The molecule has 74 valence electrons. The zero-order chi connectivity index (χ0) is 9.52. The molecule has 2 atom stereocenters. The van der Waals surface area contributed by atoms with Gasteiger partial charge < -0.3 is 10.1 Å². The molecule has 0 radical (unpaired) electrons. The van der Waals surface area contributed by atoms with Crippen LogP contribution in [0.1, 0.15) is 32.1 Å². The maximum absolute atomic E-state index is 5.62. The van der Waals surface area contributed by atoms with E-state index in [0.717, 1.165) is 25.9 Å². The Morgan fingerprint density at radius 1 is 1.69 bits per heavy atom. The summed E-state index contributed by atoms with van der Waals surface area (Å²) in [5.41, 5.74) is 0. The average Bonchev–Trinajstić information content (AvgIpc) is 2.65. The van der Waals surface area contributed by atoms with Crippen LogP contribution in [0.3, 0.4) is 0 Å². The van der Waals surface area contributed by atoms with E-state index in [1.807, 2.05) is 7.05 Å². The number of rotatable bonds is 5. The van der Waals surface area contributed by atoms with Crippen LogP contribution >= 0.6 is 0 Å². The molecule has 1 rings (SSSR count). The molecule has 1 aliphatic rings. The number of terminal acetylenes is 1. The van der Waals surface area contributed by atoms with Gasteiger partial charge in [-0.2, -0.15) is 0 Å². The third-order valence-corrected chi connectivity index (χ3v) is 2.62. The largest absolute Gasteiger partial charge is 0.377 e. The van der Waals surface area contributed by atoms with Crippen LogP contribution in [0.15, 0.2) is 0 Å². The quantitative estimate of drug-likeness (QED) is 0.513. The maximum atomic E-state index is 5.62. The van der Waals surface area contributed by atoms with Crippen molar-refractivity contribution < 1.29 is 4.74 Å². The molecule has 2 nitrogen and oxygen atoms in total. The van der Waals surface area contributed by atoms with Crippen molar-refractivity contribution in [1.82, 2.24) is 5.32 Å². The third-order valence-electron chi connectivity index (χ3n) is 2.62. The van der Waals surface area contributed by atoms with Gasteiger partial charge in [0.25, 0.3) is 0 Å². The Balaban J connectivity index is 2.21. The van der Waals surface area contributed by atoms with Gasteiger partial charge >= 0.3 is 0 Å². The molecule has 13 heavy (non-hydrogen) atoms. The second-order valence-electron chi connectivity index (χ2n) is 3.54. The molecule has 2 heteroatoms. The lowest BCUT2D eigenvalue weighted by Gasteiger charge is -2.21. The van der Waals surface area contributed by atoms with Crippen LogP contribution in [0.2, 0.25) is 0 Å². The van der Waals surface area contributed by atoms with E-state index in [9.17, 15) is 0 Å². The van der Waals surface area contributed by atoms with E-state index in [4.69, 9.17) is 11.2 Å². The lowest BCUT2D eigenvalue weighted by Crippen LogP contribution is -2.37. The van der Waals surface area contributed by atoms with Crippen molar-refractivity contribution in [3.63, 3.8) is 0 Å². The van der Waals surface area contributed by atoms with E-state index in [1.165, 1.54) is 12.8 Å². The summed E-state index contributed by atoms with van der Waals surface area (Å²) in [4.78, 5) is 0. The van der Waals surface area contributed by atoms with E-state index in [2.05, 4.69) is 11.2 Å². The zero-order valence-corrected chi connectivity index (χ0v) is 8.38. The summed E-state index contributed by atoms with van der Waals surface area (Å²) in [5, 5.41) is 3.31. The van der Waals surface area contributed by atoms with E-state index in [-0.39, 0.29) is 0 Å². The molecule has 1 N–H and O–H groups in total. The second kappa shape index (κ2) is 6.01. The number of nitrogens with one attached hydrogen (secondary N) is 1. The van der Waals surface area contributed by atoms with E-state index in [1.54, 1.807) is 0 Å². The minimum Gasteiger partial charge on any atom is -0.377 e. The smallest absolute Gasteiger partial charge is 0.0728 e. The SMILES string of the molecule is C#CCCCC(NC)C1CCCO1. The fraction of sp³-hybridized carbons (Fsp3) is 0.818. The first kappa shape index (κ1) is 10.6. The Bertz CT molecular complexity index is 167. The molecule has 0 aromatic rings. The molecule has 0 saturated carbocycles. The van der Waals surface area contributed by atoms with E-state index in [0.29, 0.717) is 12.1 Å². The van der Waals surface area contributed by atoms with Crippen LogP contribution in [-0.4, -0.2) is 25.8 Å². The van der Waals surface area contributed by atoms with E-state index < -0.39 is 0 Å². The summed E-state index contributed by atoms with van der Waals surface area (Å²) in [7, 11) is 2.00. The van der Waals surface area contributed by atoms with Crippen molar-refractivity contribution in [2.75, 3.05) is 13.7 Å². The molecule has 1 heterocycles. The van der Waals surface area contributed by atoms with Gasteiger partial charge in [-0.25, -0.2) is 0 Å². The first-order valence-corrected chi connectivity index (χ1v) is 5.11. The van der Waals surface area contributed by atoms with Gasteiger partial charge in [0.1, 0.15) is 0 Å². The molecule has 1 fully saturated rings. The van der Waals surface area contributed by atoms with Crippen molar-refractivity contribution in [3.05, 3.63) is 0 Å². The van der Waals surface area contributed by atoms with Gasteiger partial charge in [0.05, 0.1) is 6.10 Å². The fourth-order valence-corrected chi connectivity index (χ4v) is 1.86. The Hall–Kier alpha value is -0.520. The normalized spacial score (nSPS) is 24.2. The molecule has 1 saturated heterocycles. The van der Waals surface area contributed by atoms with Gasteiger partial charge in [-0.05, 0) is 32.7 Å². The first-order valence-electron chi connectivity index (χ1n) is 5.11. The van der Waals surface area contributed by atoms with Crippen molar-refractivity contribution >= 4 is 0 Å². The molecule has 0 bridgehead atoms. The standard InChI is InChI=1S/C11H19NO/c1-3-4-5-7-10(12-2)11-8-6-9-13-11/h1,10-12H,4-9H2,2H3. The van der Waals surface area contributed by atoms with Crippen LogP contribution in [0.5, 0.6) is 0 Å². The Morgan fingerprint density at radius 3 is 3.08 bits per heavy atom. The van der Waals surface area contributed by atoms with Gasteiger partial charge in [-0.1, -0.05) is 0 Å². The lowest BCUT2D eigenvalue weighted by molar-refractivity contribution is 0.0776. The van der Waals surface area contributed by atoms with Gasteiger partial charge in [0.15, 0.2) is 0 Å². The highest BCUT2D eigenvalue weighted by molar-refractivity contribution is 4.85. The highest BCUT2D eigenvalue weighted by Gasteiger charge is 2.23. The molecule has 0 aromatic heterocycles. The van der Waals surface area contributed by atoms with Gasteiger partial charge in [0.2, 0.25) is 0 Å². The molecule has 1 aliphatic heterocycles. The van der Waals surface area contributed by atoms with Gasteiger partial charge in [-0.15, -0.1) is 12.3 Å². The Kier molecular flexibility index (Phi) is 4.88. The molecule has 2 unspecified atom stereocenters. The van der Waals surface area contributed by atoms with Crippen LogP contribution < -0.4 is 5.32 Å². The predicted molar refractivity (Wildman–Crippen MR) is 54.5 cm³/mol. The first-order chi connectivity index (χ1) is 6.38. The topological polar surface area (TPSA) is 21.3 Å². The molecular weight excluding hydrogens is 162 g/mol. The van der Waals surface area contributed by atoms with Crippen molar-refractivity contribution in [3.8, 4) is 12.3 Å². The van der Waals surface area contributed by atoms with Crippen LogP contribution in [-0.2, 0) is 4.74 Å². The number of likely N-dealkylation sites (N-methyl/N-ethyl adjacent to an activating group) is 1. The van der Waals surface area contributed by atoms with Crippen LogP contribution in [0, 0.1) is 12.3 Å². The lowest BCUT2D eigenvalue weighted by atomic mass is 10.0. The fourth-order valence-electron chi connectivity index (χ4n) is 1.86. The zero-order valence-electron chi connectivity index (χ0n) is 8.38. The number of ether oxygens (including phenoxy) is 1. The monoisotopic (exact) mass is 181 g/mol. The molecule has 0 aromatic carbocycles. The summed E-state index contributed by atoms with van der Waals surface area (Å²) >= 11 is 0. The van der Waals surface area contributed by atoms with E-state index >= 15 is 0 Å². The summed E-state index contributed by atoms with van der Waals surface area (Å²) in [6.07, 6.45) is 11.1. The average molecular weight is 181 g/mol. The van der Waals surface area contributed by atoms with Crippen molar-refractivity contribution in [2.24, 2.45) is 0 Å². The maximum Gasteiger partial charge on any atom is 0.0728 e. The van der Waals surface area contributed by atoms with Crippen molar-refractivity contribution in [1.29, 1.82) is 0 Å². The predicted octanol–water partition coefficient (Wildman–Crippen LogP) is 1.56. The molecular formula is C11H19NO. The summed E-state index contributed by atoms with van der Waals surface area (Å²) in [6, 6.07) is 0.496. The molecule has 0 aliphatic carbocycles. The highest BCUT2D eigenvalue weighted by atomic mass is 16.5. The summed E-state index contributed by atoms with van der Waals surface area (Å²) in [5.74, 6) is 2.67. The summed E-state index contributed by atoms with van der Waals surface area (Å²) in [6.45, 7) is 0.929. The Morgan fingerprint density at radius 2 is 2.54 bits per heavy atom. The minimum atomic E-state index is 0.419. The van der Waals surface area contributed by atoms with Crippen LogP contribution in [0.4, 0.5) is 0 Å². The third kappa shape index (κ3) is 3.38. The Labute approximate surface area is 81.0 Å². The van der Waals surface area contributed by atoms with Crippen LogP contribution in [0.25, 0.3) is 0 Å². The molecule has 0 spiro atoms. The van der Waals surface area contributed by atoms with Gasteiger partial charge in [0, 0.05) is 19.1 Å². The second-order valence-corrected chi connectivity index (χ2v) is 3.54. The number of hydrogen-bond acceptors (Lipinski definition) is 2. The summed E-state index contributed by atoms with van der Waals surface area (Å²) < 4.78 is 5.62. The van der Waals surface area contributed by atoms with Crippen molar-refractivity contribution in [2.45, 2.75) is 44.2 Å². The molecule has 0 amide bonds. The highest BCUT2D eigenvalue weighted by Crippen LogP contribution is 2.18.